The van der Waals surface area contributed by atoms with Gasteiger partial charge in [0, 0.05) is 43.7 Å². The number of nitrogens with zero attached hydrogens (tertiary/aromatic N) is 2. The largest absolute Gasteiger partial charge is 0.478 e. The van der Waals surface area contributed by atoms with E-state index in [4.69, 9.17) is 16.6 Å². The van der Waals surface area contributed by atoms with Crippen molar-refractivity contribution in [2.24, 2.45) is 7.05 Å². The van der Waals surface area contributed by atoms with E-state index in [-0.39, 0.29) is 5.56 Å². The molecule has 0 unspecified atom stereocenters. The summed E-state index contributed by atoms with van der Waals surface area (Å²) in [5.41, 5.74) is 3.41. The van der Waals surface area contributed by atoms with Crippen LogP contribution in [0.1, 0.15) is 10.4 Å². The van der Waals surface area contributed by atoms with Gasteiger partial charge in [-0.25, -0.2) is 9.78 Å². The molecule has 0 amide bonds. The molecule has 2 heterocycles. The van der Waals surface area contributed by atoms with Crippen molar-refractivity contribution in [3.05, 3.63) is 62.8 Å². The quantitative estimate of drug-likeness (QED) is 0.409. The van der Waals surface area contributed by atoms with Crippen molar-refractivity contribution in [1.82, 2.24) is 9.55 Å². The van der Waals surface area contributed by atoms with Crippen LogP contribution in [0.5, 0.6) is 0 Å². The number of aryl methyl sites for hydroxylation is 1. The molecule has 0 aliphatic rings. The monoisotopic (exact) mass is 462 g/mol. The fourth-order valence-electron chi connectivity index (χ4n) is 3.08. The van der Waals surface area contributed by atoms with Crippen LogP contribution in [0.4, 0.5) is 0 Å². The minimum absolute atomic E-state index is 0.248. The molecule has 25 heavy (non-hydrogen) atoms. The molecular weight excluding hydrogens is 451 g/mol. The van der Waals surface area contributed by atoms with Gasteiger partial charge in [-0.3, -0.25) is 0 Å². The number of rotatable bonds is 2. The Hall–Kier alpha value is -2.12. The summed E-state index contributed by atoms with van der Waals surface area (Å²) < 4.78 is 2.96. The topological polar surface area (TPSA) is 55.1 Å². The van der Waals surface area contributed by atoms with Crippen molar-refractivity contribution in [3.8, 4) is 11.3 Å². The van der Waals surface area contributed by atoms with Gasteiger partial charge in [0.2, 0.25) is 0 Å². The molecule has 4 aromatic rings. The van der Waals surface area contributed by atoms with E-state index in [2.05, 4.69) is 22.6 Å². The Morgan fingerprint density at radius 1 is 1.16 bits per heavy atom. The molecular formula is C19H12ClIN2O2. The van der Waals surface area contributed by atoms with Gasteiger partial charge in [-0.15, -0.1) is 0 Å². The van der Waals surface area contributed by atoms with Crippen molar-refractivity contribution in [3.63, 3.8) is 0 Å². The van der Waals surface area contributed by atoms with Gasteiger partial charge in [0.05, 0.1) is 16.8 Å². The summed E-state index contributed by atoms with van der Waals surface area (Å²) >= 11 is 8.32. The van der Waals surface area contributed by atoms with Gasteiger partial charge in [-0.05, 0) is 65.1 Å². The summed E-state index contributed by atoms with van der Waals surface area (Å²) in [6.07, 6.45) is 1.95. The maximum Gasteiger partial charge on any atom is 0.336 e. The molecule has 2 aromatic heterocycles. The highest BCUT2D eigenvalue weighted by molar-refractivity contribution is 14.1. The standard InChI is InChI=1S/C19H12ClIN2O2/c1-23-9-15(13-6-10(20)2-5-18(13)23)17-8-14(19(24)25)12-7-11(21)3-4-16(12)22-17/h2-9H,1H3,(H,24,25). The molecule has 6 heteroatoms. The van der Waals surface area contributed by atoms with E-state index >= 15 is 0 Å². The second-order valence-electron chi connectivity index (χ2n) is 5.84. The zero-order valence-corrected chi connectivity index (χ0v) is 16.0. The molecule has 0 atom stereocenters. The summed E-state index contributed by atoms with van der Waals surface area (Å²) in [5.74, 6) is -0.964. The first-order valence-electron chi connectivity index (χ1n) is 7.52. The van der Waals surface area contributed by atoms with Crippen LogP contribution in [0.3, 0.4) is 0 Å². The third kappa shape index (κ3) is 2.77. The molecule has 0 aliphatic carbocycles. The number of carboxylic acids is 1. The molecule has 0 bridgehead atoms. The summed E-state index contributed by atoms with van der Waals surface area (Å²) in [4.78, 5) is 16.5. The molecule has 0 aliphatic heterocycles. The van der Waals surface area contributed by atoms with Gasteiger partial charge in [0.1, 0.15) is 0 Å². The first-order valence-corrected chi connectivity index (χ1v) is 8.98. The lowest BCUT2D eigenvalue weighted by Gasteiger charge is -2.07. The maximum absolute atomic E-state index is 11.8. The first-order chi connectivity index (χ1) is 11.9. The van der Waals surface area contributed by atoms with Crippen molar-refractivity contribution in [2.75, 3.05) is 0 Å². The molecule has 4 nitrogen and oxygen atoms in total. The highest BCUT2D eigenvalue weighted by Gasteiger charge is 2.16. The second-order valence-corrected chi connectivity index (χ2v) is 7.52. The number of aromatic carboxylic acids is 1. The van der Waals surface area contributed by atoms with Crippen molar-refractivity contribution < 1.29 is 9.90 Å². The zero-order chi connectivity index (χ0) is 17.7. The van der Waals surface area contributed by atoms with Crippen molar-refractivity contribution >= 4 is 62.0 Å². The van der Waals surface area contributed by atoms with E-state index < -0.39 is 5.97 Å². The number of fused-ring (bicyclic) bond motifs is 2. The van der Waals surface area contributed by atoms with Gasteiger partial charge in [-0.1, -0.05) is 11.6 Å². The zero-order valence-electron chi connectivity index (χ0n) is 13.1. The number of halogens is 2. The smallest absolute Gasteiger partial charge is 0.336 e. The van der Waals surface area contributed by atoms with Crippen molar-refractivity contribution in [2.45, 2.75) is 0 Å². The Morgan fingerprint density at radius 3 is 2.72 bits per heavy atom. The minimum Gasteiger partial charge on any atom is -0.478 e. The van der Waals surface area contributed by atoms with Gasteiger partial charge < -0.3 is 9.67 Å². The predicted molar refractivity (Wildman–Crippen MR) is 108 cm³/mol. The van der Waals surface area contributed by atoms with E-state index in [1.54, 1.807) is 6.07 Å². The number of carbonyl (C=O) groups is 1. The van der Waals surface area contributed by atoms with Crippen LogP contribution in [-0.2, 0) is 7.05 Å². The number of aromatic nitrogens is 2. The normalized spacial score (nSPS) is 11.3. The molecule has 0 fully saturated rings. The molecule has 0 saturated heterocycles. The molecule has 1 N–H and O–H groups in total. The van der Waals surface area contributed by atoms with Crippen LogP contribution in [-0.4, -0.2) is 20.6 Å². The van der Waals surface area contributed by atoms with Crippen LogP contribution in [0.15, 0.2) is 48.7 Å². The first kappa shape index (κ1) is 16.4. The predicted octanol–water partition coefficient (Wildman–Crippen LogP) is 5.35. The Labute approximate surface area is 162 Å². The van der Waals surface area contributed by atoms with E-state index in [1.165, 1.54) is 0 Å². The van der Waals surface area contributed by atoms with Crippen LogP contribution in [0.2, 0.25) is 5.02 Å². The molecule has 0 radical (unpaired) electrons. The SMILES string of the molecule is Cn1cc(-c2cc(C(=O)O)c3cc(I)ccc3n2)c2cc(Cl)ccc21. The number of pyridine rings is 1. The highest BCUT2D eigenvalue weighted by atomic mass is 127. The summed E-state index contributed by atoms with van der Waals surface area (Å²) in [6.45, 7) is 0. The highest BCUT2D eigenvalue weighted by Crippen LogP contribution is 2.33. The van der Waals surface area contributed by atoms with Gasteiger partial charge in [0.15, 0.2) is 0 Å². The van der Waals surface area contributed by atoms with E-state index in [0.29, 0.717) is 21.6 Å². The van der Waals surface area contributed by atoms with Crippen LogP contribution >= 0.6 is 34.2 Å². The molecule has 0 saturated carbocycles. The van der Waals surface area contributed by atoms with Crippen LogP contribution < -0.4 is 0 Å². The van der Waals surface area contributed by atoms with Crippen LogP contribution in [0, 0.1) is 3.57 Å². The van der Waals surface area contributed by atoms with Gasteiger partial charge in [-0.2, -0.15) is 0 Å². The Morgan fingerprint density at radius 2 is 1.96 bits per heavy atom. The molecule has 4 rings (SSSR count). The van der Waals surface area contributed by atoms with Gasteiger partial charge in [0.25, 0.3) is 0 Å². The van der Waals surface area contributed by atoms with Crippen LogP contribution in [0.25, 0.3) is 33.1 Å². The lowest BCUT2D eigenvalue weighted by molar-refractivity contribution is 0.0699. The Bertz CT molecular complexity index is 1170. The lowest BCUT2D eigenvalue weighted by Crippen LogP contribution is -2.00. The summed E-state index contributed by atoms with van der Waals surface area (Å²) in [6, 6.07) is 12.9. The average Bonchev–Trinajstić information content (AvgIpc) is 2.90. The summed E-state index contributed by atoms with van der Waals surface area (Å²) in [7, 11) is 1.95. The number of benzene rings is 2. The Kier molecular flexibility index (Phi) is 3.92. The minimum atomic E-state index is -0.964. The van der Waals surface area contributed by atoms with Crippen molar-refractivity contribution in [1.29, 1.82) is 0 Å². The molecule has 2 aromatic carbocycles. The Balaban J connectivity index is 2.07. The third-order valence-electron chi connectivity index (χ3n) is 4.23. The average molecular weight is 463 g/mol. The molecule has 124 valence electrons. The van der Waals surface area contributed by atoms with E-state index in [0.717, 1.165) is 20.0 Å². The van der Waals surface area contributed by atoms with Gasteiger partial charge >= 0.3 is 5.97 Å². The fourth-order valence-corrected chi connectivity index (χ4v) is 3.74. The maximum atomic E-state index is 11.8. The summed E-state index contributed by atoms with van der Waals surface area (Å²) in [5, 5.41) is 11.9. The number of hydrogen-bond acceptors (Lipinski definition) is 2. The third-order valence-corrected chi connectivity index (χ3v) is 5.13. The van der Waals surface area contributed by atoms with E-state index in [9.17, 15) is 9.90 Å². The fraction of sp³-hybridized carbons (Fsp3) is 0.0526. The van der Waals surface area contributed by atoms with E-state index in [1.807, 2.05) is 54.2 Å². The number of carboxylic acid groups (broad SMARTS) is 1. The lowest BCUT2D eigenvalue weighted by atomic mass is 10.0. The molecule has 0 spiro atoms. The second kappa shape index (κ2) is 6.00. The number of hydrogen-bond donors (Lipinski definition) is 1.